The second-order valence-electron chi connectivity index (χ2n) is 8.03. The second kappa shape index (κ2) is 22.7. The molecule has 0 bridgehead atoms. The predicted molar refractivity (Wildman–Crippen MR) is 119 cm³/mol. The molecule has 0 aliphatic rings. The quantitative estimate of drug-likeness (QED) is 0.145. The summed E-state index contributed by atoms with van der Waals surface area (Å²) < 4.78 is 5.79. The average Bonchev–Trinajstić information content (AvgIpc) is 2.64. The summed E-state index contributed by atoms with van der Waals surface area (Å²) >= 11 is 0. The minimum absolute atomic E-state index is 0.827. The maximum absolute atomic E-state index is 5.79. The second-order valence-corrected chi connectivity index (χ2v) is 8.03. The molecule has 0 rings (SSSR count). The van der Waals surface area contributed by atoms with Crippen molar-refractivity contribution >= 4 is 0 Å². The van der Waals surface area contributed by atoms with Gasteiger partial charge in [0.2, 0.25) is 0 Å². The summed E-state index contributed by atoms with van der Waals surface area (Å²) in [5.74, 6) is 0. The van der Waals surface area contributed by atoms with E-state index in [1.807, 2.05) is 0 Å². The molecule has 26 heavy (non-hydrogen) atoms. The average molecular weight is 367 g/mol. The first-order chi connectivity index (χ1) is 12.8. The third kappa shape index (κ3) is 20.0. The van der Waals surface area contributed by atoms with Crippen LogP contribution in [0.5, 0.6) is 0 Å². The smallest absolute Gasteiger partial charge is 0.0650 e. The molecule has 0 aromatic heterocycles. The van der Waals surface area contributed by atoms with Gasteiger partial charge in [-0.1, -0.05) is 129 Å². The molecule has 0 heterocycles. The summed E-state index contributed by atoms with van der Waals surface area (Å²) in [5.41, 5.74) is 1.59. The van der Waals surface area contributed by atoms with E-state index < -0.39 is 0 Å². The van der Waals surface area contributed by atoms with Gasteiger partial charge in [-0.2, -0.15) is 0 Å². The number of hydrogen-bond acceptors (Lipinski definition) is 1. The number of hydrogen-bond donors (Lipinski definition) is 0. The van der Waals surface area contributed by atoms with E-state index in [1.54, 1.807) is 5.57 Å². The first-order valence-electron chi connectivity index (χ1n) is 12.1. The fourth-order valence-corrected chi connectivity index (χ4v) is 3.63. The standard InChI is InChI=1S/C25H50O/c1-4-7-8-9-10-11-12-13-14-15-16-17-18-19-23-26-24-22-25(20-5-2)21-6-3/h22H,4-21,23-24H2,1-3H3. The lowest BCUT2D eigenvalue weighted by Crippen LogP contribution is -1.96. The molecule has 0 amide bonds. The van der Waals surface area contributed by atoms with Gasteiger partial charge in [-0.25, -0.2) is 0 Å². The van der Waals surface area contributed by atoms with Crippen LogP contribution >= 0.6 is 0 Å². The van der Waals surface area contributed by atoms with E-state index in [1.165, 1.54) is 116 Å². The molecule has 0 unspecified atom stereocenters. The molecule has 1 nitrogen and oxygen atoms in total. The molecule has 0 saturated carbocycles. The maximum atomic E-state index is 5.79. The van der Waals surface area contributed by atoms with Crippen molar-refractivity contribution in [2.24, 2.45) is 0 Å². The Morgan fingerprint density at radius 3 is 1.38 bits per heavy atom. The number of ether oxygens (including phenoxy) is 1. The van der Waals surface area contributed by atoms with Crippen LogP contribution in [0, 0.1) is 0 Å². The summed E-state index contributed by atoms with van der Waals surface area (Å²) in [6.07, 6.45) is 27.2. The molecular weight excluding hydrogens is 316 g/mol. The van der Waals surface area contributed by atoms with Crippen molar-refractivity contribution < 1.29 is 4.74 Å². The summed E-state index contributed by atoms with van der Waals surface area (Å²) in [7, 11) is 0. The molecule has 0 aromatic rings. The Labute approximate surface area is 166 Å². The van der Waals surface area contributed by atoms with E-state index >= 15 is 0 Å². The first-order valence-corrected chi connectivity index (χ1v) is 12.1. The molecule has 0 spiro atoms. The van der Waals surface area contributed by atoms with E-state index in [0.29, 0.717) is 0 Å². The van der Waals surface area contributed by atoms with Gasteiger partial charge < -0.3 is 4.74 Å². The fraction of sp³-hybridized carbons (Fsp3) is 0.920. The molecule has 0 atom stereocenters. The van der Waals surface area contributed by atoms with E-state index in [2.05, 4.69) is 26.8 Å². The van der Waals surface area contributed by atoms with Crippen LogP contribution in [0.4, 0.5) is 0 Å². The van der Waals surface area contributed by atoms with Crippen LogP contribution in [0.1, 0.15) is 136 Å². The lowest BCUT2D eigenvalue weighted by atomic mass is 10.0. The Morgan fingerprint density at radius 2 is 0.962 bits per heavy atom. The number of allylic oxidation sites excluding steroid dienone is 1. The highest BCUT2D eigenvalue weighted by Gasteiger charge is 1.96. The Hall–Kier alpha value is -0.300. The van der Waals surface area contributed by atoms with Gasteiger partial charge in [-0.15, -0.1) is 0 Å². The first kappa shape index (κ1) is 25.7. The molecule has 0 aliphatic heterocycles. The highest BCUT2D eigenvalue weighted by atomic mass is 16.5. The van der Waals surface area contributed by atoms with Crippen LogP contribution < -0.4 is 0 Å². The van der Waals surface area contributed by atoms with Gasteiger partial charge in [-0.05, 0) is 19.3 Å². The van der Waals surface area contributed by atoms with Crippen LogP contribution in [-0.2, 0) is 4.74 Å². The van der Waals surface area contributed by atoms with Crippen LogP contribution in [-0.4, -0.2) is 13.2 Å². The van der Waals surface area contributed by atoms with E-state index in [9.17, 15) is 0 Å². The zero-order valence-electron chi connectivity index (χ0n) is 18.6. The molecular formula is C25H50O. The largest absolute Gasteiger partial charge is 0.377 e. The van der Waals surface area contributed by atoms with Crippen LogP contribution in [0.2, 0.25) is 0 Å². The van der Waals surface area contributed by atoms with E-state index in [-0.39, 0.29) is 0 Å². The van der Waals surface area contributed by atoms with Crippen molar-refractivity contribution in [2.75, 3.05) is 13.2 Å². The van der Waals surface area contributed by atoms with Crippen molar-refractivity contribution in [1.82, 2.24) is 0 Å². The van der Waals surface area contributed by atoms with Crippen molar-refractivity contribution in [1.29, 1.82) is 0 Å². The Morgan fingerprint density at radius 1 is 0.538 bits per heavy atom. The van der Waals surface area contributed by atoms with Gasteiger partial charge >= 0.3 is 0 Å². The third-order valence-electron chi connectivity index (χ3n) is 5.27. The zero-order chi connectivity index (χ0) is 19.1. The summed E-state index contributed by atoms with van der Waals surface area (Å²) in [6, 6.07) is 0. The molecule has 0 aromatic carbocycles. The van der Waals surface area contributed by atoms with Crippen molar-refractivity contribution in [3.8, 4) is 0 Å². The Kier molecular flexibility index (Phi) is 22.5. The number of rotatable bonds is 21. The highest BCUT2D eigenvalue weighted by Crippen LogP contribution is 2.13. The van der Waals surface area contributed by atoms with Crippen LogP contribution in [0.3, 0.4) is 0 Å². The summed E-state index contributed by atoms with van der Waals surface area (Å²) in [4.78, 5) is 0. The van der Waals surface area contributed by atoms with Gasteiger partial charge in [-0.3, -0.25) is 0 Å². The lowest BCUT2D eigenvalue weighted by Gasteiger charge is -2.06. The lowest BCUT2D eigenvalue weighted by molar-refractivity contribution is 0.156. The zero-order valence-corrected chi connectivity index (χ0v) is 18.6. The van der Waals surface area contributed by atoms with Gasteiger partial charge in [0.25, 0.3) is 0 Å². The molecule has 0 saturated heterocycles. The van der Waals surface area contributed by atoms with Gasteiger partial charge in [0.05, 0.1) is 6.61 Å². The summed E-state index contributed by atoms with van der Waals surface area (Å²) in [5, 5.41) is 0. The fourth-order valence-electron chi connectivity index (χ4n) is 3.63. The third-order valence-corrected chi connectivity index (χ3v) is 5.27. The molecule has 0 fully saturated rings. The monoisotopic (exact) mass is 366 g/mol. The van der Waals surface area contributed by atoms with Crippen molar-refractivity contribution in [2.45, 2.75) is 136 Å². The maximum Gasteiger partial charge on any atom is 0.0650 e. The van der Waals surface area contributed by atoms with Crippen LogP contribution in [0.15, 0.2) is 11.6 Å². The Bertz CT molecular complexity index is 274. The Balaban J connectivity index is 3.20. The molecule has 1 heteroatoms. The van der Waals surface area contributed by atoms with Gasteiger partial charge in [0, 0.05) is 6.61 Å². The number of unbranched alkanes of at least 4 members (excludes halogenated alkanes) is 13. The van der Waals surface area contributed by atoms with E-state index in [4.69, 9.17) is 4.74 Å². The highest BCUT2D eigenvalue weighted by molar-refractivity contribution is 5.01. The predicted octanol–water partition coefficient (Wildman–Crippen LogP) is 9.01. The van der Waals surface area contributed by atoms with Crippen molar-refractivity contribution in [3.05, 3.63) is 11.6 Å². The summed E-state index contributed by atoms with van der Waals surface area (Å²) in [6.45, 7) is 8.59. The van der Waals surface area contributed by atoms with Gasteiger partial charge in [0.15, 0.2) is 0 Å². The SMILES string of the molecule is CCCCCCCCCCCCCCCCOCC=C(CCC)CCC. The van der Waals surface area contributed by atoms with E-state index in [0.717, 1.165) is 13.2 Å². The van der Waals surface area contributed by atoms with Crippen molar-refractivity contribution in [3.63, 3.8) is 0 Å². The van der Waals surface area contributed by atoms with Gasteiger partial charge in [0.1, 0.15) is 0 Å². The molecule has 0 aliphatic carbocycles. The normalized spacial score (nSPS) is 11.0. The van der Waals surface area contributed by atoms with Crippen LogP contribution in [0.25, 0.3) is 0 Å². The topological polar surface area (TPSA) is 9.23 Å². The molecule has 156 valence electrons. The minimum Gasteiger partial charge on any atom is -0.377 e. The molecule has 0 radical (unpaired) electrons. The minimum atomic E-state index is 0.827. The molecule has 0 N–H and O–H groups in total.